The van der Waals surface area contributed by atoms with E-state index < -0.39 is 0 Å². The van der Waals surface area contributed by atoms with Crippen molar-refractivity contribution in [3.63, 3.8) is 0 Å². The Morgan fingerprint density at radius 3 is 2.81 bits per heavy atom. The summed E-state index contributed by atoms with van der Waals surface area (Å²) in [6.45, 7) is 4.12. The minimum absolute atomic E-state index is 0.0280. The monoisotopic (exact) mass is 459 g/mol. The van der Waals surface area contributed by atoms with E-state index in [0.29, 0.717) is 43.5 Å². The number of likely N-dealkylation sites (N-methyl/N-ethyl adjacent to an activating group) is 1. The minimum atomic E-state index is -0.0869. The molecule has 1 fully saturated rings. The van der Waals surface area contributed by atoms with Gasteiger partial charge in [-0.1, -0.05) is 18.2 Å². The van der Waals surface area contributed by atoms with Crippen LogP contribution in [-0.2, 0) is 16.1 Å². The van der Waals surface area contributed by atoms with Crippen LogP contribution in [0.5, 0.6) is 5.75 Å². The van der Waals surface area contributed by atoms with Crippen molar-refractivity contribution in [2.45, 2.75) is 38.3 Å². The van der Waals surface area contributed by atoms with E-state index in [1.807, 2.05) is 35.7 Å². The average Bonchev–Trinajstić information content (AvgIpc) is 3.36. The molecular weight excluding hydrogens is 426 g/mol. The number of carbonyl (C=O) groups excluding carboxylic acids is 2. The van der Waals surface area contributed by atoms with Crippen LogP contribution in [0.2, 0.25) is 0 Å². The summed E-state index contributed by atoms with van der Waals surface area (Å²) in [4.78, 5) is 27.0. The number of hydrogen-bond donors (Lipinski definition) is 2. The molecule has 0 bridgehead atoms. The maximum absolute atomic E-state index is 12.1. The lowest BCUT2D eigenvalue weighted by Crippen LogP contribution is -2.38. The largest absolute Gasteiger partial charge is 0.492 e. The molecule has 1 aromatic heterocycles. The molecule has 2 N–H and O–H groups in total. The first kappa shape index (κ1) is 24.2. The summed E-state index contributed by atoms with van der Waals surface area (Å²) in [5, 5.41) is 7.64. The molecule has 1 aromatic carbocycles. The molecule has 0 radical (unpaired) electrons. The summed E-state index contributed by atoms with van der Waals surface area (Å²) in [5.41, 5.74) is 1.000. The molecule has 1 saturated heterocycles. The first-order chi connectivity index (χ1) is 15.6. The maximum atomic E-state index is 12.1. The van der Waals surface area contributed by atoms with Gasteiger partial charge in [0.2, 0.25) is 5.91 Å². The fourth-order valence-electron chi connectivity index (χ4n) is 3.60. The molecule has 32 heavy (non-hydrogen) atoms. The van der Waals surface area contributed by atoms with Crippen molar-refractivity contribution in [1.29, 1.82) is 0 Å². The third-order valence-corrected chi connectivity index (χ3v) is 6.39. The van der Waals surface area contributed by atoms with E-state index >= 15 is 0 Å². The summed E-state index contributed by atoms with van der Waals surface area (Å²) in [7, 11) is 2.14. The van der Waals surface area contributed by atoms with Gasteiger partial charge in [-0.15, -0.1) is 11.3 Å². The number of hydrogen-bond acceptors (Lipinski definition) is 6. The molecule has 2 amide bonds. The Morgan fingerprint density at radius 2 is 2.03 bits per heavy atom. The molecule has 7 nitrogen and oxygen atoms in total. The van der Waals surface area contributed by atoms with Gasteiger partial charge < -0.3 is 20.1 Å². The van der Waals surface area contributed by atoms with E-state index in [2.05, 4.69) is 22.6 Å². The zero-order chi connectivity index (χ0) is 22.6. The molecule has 0 unspecified atom stereocenters. The molecule has 0 atom stereocenters. The summed E-state index contributed by atoms with van der Waals surface area (Å²) in [5.74, 6) is 0.698. The second-order valence-electron chi connectivity index (χ2n) is 7.93. The number of ether oxygens (including phenoxy) is 2. The standard InChI is InChI=1S/C24H33N3O4S/c1-27(20-9-13-30-14-10-20)12-15-31-21-6-2-5-19(17-21)18-26-23(28)8-3-11-25-24(29)22-7-4-16-32-22/h2,4-7,16-17,20H,3,8-15,18H2,1H3,(H,25,29)(H,26,28). The predicted octanol–water partition coefficient (Wildman–Crippen LogP) is 3.06. The van der Waals surface area contributed by atoms with Crippen molar-refractivity contribution in [3.05, 3.63) is 52.2 Å². The predicted molar refractivity (Wildman–Crippen MR) is 126 cm³/mol. The highest BCUT2D eigenvalue weighted by Crippen LogP contribution is 2.15. The van der Waals surface area contributed by atoms with E-state index in [0.717, 1.165) is 43.9 Å². The third-order valence-electron chi connectivity index (χ3n) is 5.53. The van der Waals surface area contributed by atoms with Crippen LogP contribution in [0.25, 0.3) is 0 Å². The van der Waals surface area contributed by atoms with Gasteiger partial charge in [-0.2, -0.15) is 0 Å². The molecule has 8 heteroatoms. The van der Waals surface area contributed by atoms with Crippen molar-refractivity contribution in [3.8, 4) is 5.75 Å². The van der Waals surface area contributed by atoms with Crippen LogP contribution in [0.1, 0.15) is 40.9 Å². The number of nitrogens with one attached hydrogen (secondary N) is 2. The quantitative estimate of drug-likeness (QED) is 0.477. The molecule has 1 aliphatic rings. The van der Waals surface area contributed by atoms with E-state index in [4.69, 9.17) is 9.47 Å². The van der Waals surface area contributed by atoms with Crippen LogP contribution in [0.4, 0.5) is 0 Å². The van der Waals surface area contributed by atoms with E-state index in [9.17, 15) is 9.59 Å². The highest BCUT2D eigenvalue weighted by molar-refractivity contribution is 7.12. The van der Waals surface area contributed by atoms with Gasteiger partial charge in [0.05, 0.1) is 4.88 Å². The lowest BCUT2D eigenvalue weighted by Gasteiger charge is -2.31. The minimum Gasteiger partial charge on any atom is -0.492 e. The van der Waals surface area contributed by atoms with Crippen molar-refractivity contribution in [1.82, 2.24) is 15.5 Å². The number of amides is 2. The number of benzene rings is 1. The zero-order valence-electron chi connectivity index (χ0n) is 18.7. The third kappa shape index (κ3) is 8.26. The van der Waals surface area contributed by atoms with Gasteiger partial charge in [0, 0.05) is 45.3 Å². The first-order valence-electron chi connectivity index (χ1n) is 11.2. The molecule has 0 aliphatic carbocycles. The lowest BCUT2D eigenvalue weighted by molar-refractivity contribution is -0.121. The molecule has 2 heterocycles. The van der Waals surface area contributed by atoms with Gasteiger partial charge in [-0.25, -0.2) is 0 Å². The van der Waals surface area contributed by atoms with Crippen LogP contribution in [-0.4, -0.2) is 62.7 Å². The number of carbonyl (C=O) groups is 2. The van der Waals surface area contributed by atoms with E-state index in [-0.39, 0.29) is 11.8 Å². The van der Waals surface area contributed by atoms with E-state index in [1.54, 1.807) is 6.07 Å². The second-order valence-corrected chi connectivity index (χ2v) is 8.88. The Morgan fingerprint density at radius 1 is 1.19 bits per heavy atom. The number of thiophene rings is 1. The molecule has 174 valence electrons. The van der Waals surface area contributed by atoms with Gasteiger partial charge in [0.1, 0.15) is 12.4 Å². The zero-order valence-corrected chi connectivity index (χ0v) is 19.5. The molecule has 1 aliphatic heterocycles. The highest BCUT2D eigenvalue weighted by Gasteiger charge is 2.18. The Bertz CT molecular complexity index is 838. The van der Waals surface area contributed by atoms with Crippen molar-refractivity contribution in [2.75, 3.05) is 40.0 Å². The summed E-state index contributed by atoms with van der Waals surface area (Å²) >= 11 is 1.41. The van der Waals surface area contributed by atoms with Crippen molar-refractivity contribution >= 4 is 23.2 Å². The van der Waals surface area contributed by atoms with Gasteiger partial charge in [0.25, 0.3) is 5.91 Å². The van der Waals surface area contributed by atoms with Crippen molar-refractivity contribution in [2.24, 2.45) is 0 Å². The molecule has 0 spiro atoms. The highest BCUT2D eigenvalue weighted by atomic mass is 32.1. The lowest BCUT2D eigenvalue weighted by atomic mass is 10.1. The normalized spacial score (nSPS) is 14.3. The smallest absolute Gasteiger partial charge is 0.261 e. The summed E-state index contributed by atoms with van der Waals surface area (Å²) in [6.07, 6.45) is 3.13. The van der Waals surface area contributed by atoms with Gasteiger partial charge in [-0.3, -0.25) is 14.5 Å². The maximum Gasteiger partial charge on any atom is 0.261 e. The van der Waals surface area contributed by atoms with Gasteiger partial charge in [-0.05, 0) is 55.5 Å². The van der Waals surface area contributed by atoms with Gasteiger partial charge in [0.15, 0.2) is 0 Å². The van der Waals surface area contributed by atoms with Crippen LogP contribution in [0.15, 0.2) is 41.8 Å². The van der Waals surface area contributed by atoms with Crippen LogP contribution < -0.4 is 15.4 Å². The SMILES string of the molecule is CN(CCOc1cccc(CNC(=O)CCCNC(=O)c2cccs2)c1)C1CCOCC1. The Balaban J connectivity index is 1.30. The second kappa shape index (κ2) is 13.2. The fraction of sp³-hybridized carbons (Fsp3) is 0.500. The Labute approximate surface area is 194 Å². The van der Waals surface area contributed by atoms with E-state index in [1.165, 1.54) is 11.3 Å². The summed E-state index contributed by atoms with van der Waals surface area (Å²) < 4.78 is 11.3. The Hall–Kier alpha value is -2.42. The van der Waals surface area contributed by atoms with Crippen molar-refractivity contribution < 1.29 is 19.1 Å². The fourth-order valence-corrected chi connectivity index (χ4v) is 4.24. The topological polar surface area (TPSA) is 79.9 Å². The first-order valence-corrected chi connectivity index (χ1v) is 12.1. The molecular formula is C24H33N3O4S. The molecule has 3 rings (SSSR count). The number of rotatable bonds is 12. The van der Waals surface area contributed by atoms with Crippen LogP contribution >= 0.6 is 11.3 Å². The average molecular weight is 460 g/mol. The molecule has 2 aromatic rings. The summed E-state index contributed by atoms with van der Waals surface area (Å²) in [6, 6.07) is 12.0. The van der Waals surface area contributed by atoms with Crippen LogP contribution in [0.3, 0.4) is 0 Å². The molecule has 0 saturated carbocycles. The van der Waals surface area contributed by atoms with Gasteiger partial charge >= 0.3 is 0 Å². The number of nitrogens with zero attached hydrogens (tertiary/aromatic N) is 1. The van der Waals surface area contributed by atoms with Crippen LogP contribution in [0, 0.1) is 0 Å². The Kier molecular flexibility index (Phi) is 9.99.